The summed E-state index contributed by atoms with van der Waals surface area (Å²) in [5.41, 5.74) is 1.20. The average molecular weight is 275 g/mol. The maximum Gasteiger partial charge on any atom is 0.127 e. The van der Waals surface area contributed by atoms with Crippen molar-refractivity contribution in [3.8, 4) is 0 Å². The topological polar surface area (TPSA) is 28.2 Å². The Morgan fingerprint density at radius 2 is 2.26 bits per heavy atom. The largest absolute Gasteiger partial charge is 0.371 e. The van der Waals surface area contributed by atoms with Crippen molar-refractivity contribution in [3.05, 3.63) is 40.7 Å². The zero-order valence-corrected chi connectivity index (χ0v) is 12.6. The minimum atomic E-state index is 0.468. The first-order chi connectivity index (χ1) is 9.20. The molecule has 0 aliphatic heterocycles. The van der Waals surface area contributed by atoms with E-state index >= 15 is 0 Å². The van der Waals surface area contributed by atoms with Crippen LogP contribution in [0.5, 0.6) is 0 Å². The molecule has 0 aromatic carbocycles. The van der Waals surface area contributed by atoms with Gasteiger partial charge in [-0.25, -0.2) is 4.98 Å². The summed E-state index contributed by atoms with van der Waals surface area (Å²) in [6.45, 7) is 5.23. The monoisotopic (exact) mass is 275 g/mol. The summed E-state index contributed by atoms with van der Waals surface area (Å²) < 4.78 is 0. The van der Waals surface area contributed by atoms with E-state index in [9.17, 15) is 0 Å². The van der Waals surface area contributed by atoms with Crippen LogP contribution in [0.4, 0.5) is 11.5 Å². The Bertz CT molecular complexity index is 496. The number of pyridine rings is 1. The van der Waals surface area contributed by atoms with Gasteiger partial charge in [0.15, 0.2) is 0 Å². The molecular formula is C15H21N3S. The molecule has 19 heavy (non-hydrogen) atoms. The van der Waals surface area contributed by atoms with Crippen molar-refractivity contribution >= 4 is 22.8 Å². The van der Waals surface area contributed by atoms with Gasteiger partial charge in [0, 0.05) is 48.9 Å². The van der Waals surface area contributed by atoms with Crippen LogP contribution in [-0.4, -0.2) is 24.6 Å². The van der Waals surface area contributed by atoms with E-state index in [1.807, 2.05) is 17.5 Å². The summed E-state index contributed by atoms with van der Waals surface area (Å²) in [4.78, 5) is 8.05. The Morgan fingerprint density at radius 1 is 1.42 bits per heavy atom. The Balaban J connectivity index is 2.05. The molecule has 0 aliphatic carbocycles. The van der Waals surface area contributed by atoms with Crippen molar-refractivity contribution in [2.75, 3.05) is 23.8 Å². The van der Waals surface area contributed by atoms with Crippen LogP contribution >= 0.6 is 11.3 Å². The highest BCUT2D eigenvalue weighted by molar-refractivity contribution is 7.09. The van der Waals surface area contributed by atoms with Crippen LogP contribution < -0.4 is 10.2 Å². The van der Waals surface area contributed by atoms with Crippen LogP contribution in [0.1, 0.15) is 18.7 Å². The van der Waals surface area contributed by atoms with Crippen molar-refractivity contribution in [3.63, 3.8) is 0 Å². The standard InChI is InChI=1S/C15H21N3S/c1-4-16-15-11-13(7-8-17-15)18(3)12(2)10-14-6-5-9-19-14/h5-9,11-12H,4,10H2,1-3H3,(H,16,17). The molecule has 0 radical (unpaired) electrons. The lowest BCUT2D eigenvalue weighted by atomic mass is 10.1. The molecule has 2 rings (SSSR count). The Morgan fingerprint density at radius 3 is 2.95 bits per heavy atom. The number of rotatable bonds is 6. The Kier molecular flexibility index (Phi) is 4.80. The predicted octanol–water partition coefficient (Wildman–Crippen LogP) is 3.64. The van der Waals surface area contributed by atoms with Gasteiger partial charge >= 0.3 is 0 Å². The number of nitrogens with one attached hydrogen (secondary N) is 1. The van der Waals surface area contributed by atoms with E-state index in [1.54, 1.807) is 0 Å². The molecule has 0 saturated heterocycles. The molecule has 2 aromatic rings. The molecular weight excluding hydrogens is 254 g/mol. The van der Waals surface area contributed by atoms with Gasteiger partial charge in [0.05, 0.1) is 0 Å². The normalized spacial score (nSPS) is 12.2. The summed E-state index contributed by atoms with van der Waals surface area (Å²) in [5.74, 6) is 0.940. The lowest BCUT2D eigenvalue weighted by Crippen LogP contribution is -2.30. The maximum atomic E-state index is 4.31. The number of hydrogen-bond acceptors (Lipinski definition) is 4. The molecule has 0 amide bonds. The maximum absolute atomic E-state index is 4.31. The lowest BCUT2D eigenvalue weighted by Gasteiger charge is -2.27. The molecule has 2 aromatic heterocycles. The van der Waals surface area contributed by atoms with Crippen molar-refractivity contribution < 1.29 is 0 Å². The highest BCUT2D eigenvalue weighted by atomic mass is 32.1. The van der Waals surface area contributed by atoms with E-state index < -0.39 is 0 Å². The van der Waals surface area contributed by atoms with Gasteiger partial charge in [0.2, 0.25) is 0 Å². The molecule has 1 unspecified atom stereocenters. The van der Waals surface area contributed by atoms with Crippen LogP contribution in [0.25, 0.3) is 0 Å². The minimum absolute atomic E-state index is 0.468. The van der Waals surface area contributed by atoms with E-state index in [0.717, 1.165) is 18.8 Å². The molecule has 0 saturated carbocycles. The predicted molar refractivity (Wildman–Crippen MR) is 84.3 cm³/mol. The van der Waals surface area contributed by atoms with Crippen LogP contribution in [0.2, 0.25) is 0 Å². The fourth-order valence-corrected chi connectivity index (χ4v) is 2.85. The smallest absolute Gasteiger partial charge is 0.127 e. The SMILES string of the molecule is CCNc1cc(N(C)C(C)Cc2cccs2)ccn1. The Labute approximate surface area is 119 Å². The van der Waals surface area contributed by atoms with Crippen LogP contribution in [0.15, 0.2) is 35.8 Å². The molecule has 0 fully saturated rings. The number of likely N-dealkylation sites (N-methyl/N-ethyl adjacent to an activating group) is 1. The highest BCUT2D eigenvalue weighted by Crippen LogP contribution is 2.21. The third-order valence-corrected chi connectivity index (χ3v) is 4.15. The number of aromatic nitrogens is 1. The first-order valence-corrected chi connectivity index (χ1v) is 7.53. The summed E-state index contributed by atoms with van der Waals surface area (Å²) in [5, 5.41) is 5.39. The van der Waals surface area contributed by atoms with Gasteiger partial charge in [0.25, 0.3) is 0 Å². The Hall–Kier alpha value is -1.55. The third kappa shape index (κ3) is 3.70. The molecule has 102 valence electrons. The fraction of sp³-hybridized carbons (Fsp3) is 0.400. The second-order valence-electron chi connectivity index (χ2n) is 4.67. The van der Waals surface area contributed by atoms with E-state index in [4.69, 9.17) is 0 Å². The van der Waals surface area contributed by atoms with Crippen molar-refractivity contribution in [1.29, 1.82) is 0 Å². The second kappa shape index (κ2) is 6.57. The number of thiophene rings is 1. The quantitative estimate of drug-likeness (QED) is 0.872. The summed E-state index contributed by atoms with van der Waals surface area (Å²) in [6, 6.07) is 8.95. The molecule has 0 bridgehead atoms. The van der Waals surface area contributed by atoms with E-state index in [-0.39, 0.29) is 0 Å². The van der Waals surface area contributed by atoms with E-state index in [1.165, 1.54) is 10.6 Å². The highest BCUT2D eigenvalue weighted by Gasteiger charge is 2.12. The van der Waals surface area contributed by atoms with Gasteiger partial charge < -0.3 is 10.2 Å². The molecule has 1 N–H and O–H groups in total. The van der Waals surface area contributed by atoms with E-state index in [2.05, 4.69) is 65.7 Å². The second-order valence-corrected chi connectivity index (χ2v) is 5.71. The van der Waals surface area contributed by atoms with Gasteiger partial charge in [-0.05, 0) is 31.4 Å². The van der Waals surface area contributed by atoms with Crippen LogP contribution in [0, 0.1) is 0 Å². The molecule has 0 aliphatic rings. The molecule has 0 spiro atoms. The van der Waals surface area contributed by atoms with Crippen molar-refractivity contribution in [2.24, 2.45) is 0 Å². The average Bonchev–Trinajstić information content (AvgIpc) is 2.91. The van der Waals surface area contributed by atoms with Crippen LogP contribution in [0.3, 0.4) is 0 Å². The molecule has 3 nitrogen and oxygen atoms in total. The van der Waals surface area contributed by atoms with Gasteiger partial charge in [-0.15, -0.1) is 11.3 Å². The number of hydrogen-bond donors (Lipinski definition) is 1. The minimum Gasteiger partial charge on any atom is -0.371 e. The van der Waals surface area contributed by atoms with Gasteiger partial charge in [-0.1, -0.05) is 6.07 Å². The van der Waals surface area contributed by atoms with Crippen molar-refractivity contribution in [2.45, 2.75) is 26.3 Å². The van der Waals surface area contributed by atoms with E-state index in [0.29, 0.717) is 6.04 Å². The zero-order valence-electron chi connectivity index (χ0n) is 11.8. The molecule has 4 heteroatoms. The zero-order chi connectivity index (χ0) is 13.7. The fourth-order valence-electron chi connectivity index (χ4n) is 2.03. The third-order valence-electron chi connectivity index (χ3n) is 3.25. The molecule has 1 atom stereocenters. The van der Waals surface area contributed by atoms with Crippen LogP contribution in [-0.2, 0) is 6.42 Å². The summed E-state index contributed by atoms with van der Waals surface area (Å²) >= 11 is 1.82. The number of nitrogens with zero attached hydrogens (tertiary/aromatic N) is 2. The van der Waals surface area contributed by atoms with Gasteiger partial charge in [0.1, 0.15) is 5.82 Å². The first kappa shape index (κ1) is 13.9. The first-order valence-electron chi connectivity index (χ1n) is 6.66. The summed E-state index contributed by atoms with van der Waals surface area (Å²) in [6.07, 6.45) is 2.94. The molecule has 2 heterocycles. The van der Waals surface area contributed by atoms with Crippen molar-refractivity contribution in [1.82, 2.24) is 4.98 Å². The summed E-state index contributed by atoms with van der Waals surface area (Å²) in [7, 11) is 2.14. The number of anilines is 2. The van der Waals surface area contributed by atoms with Gasteiger partial charge in [-0.2, -0.15) is 0 Å². The lowest BCUT2D eigenvalue weighted by molar-refractivity contribution is 0.688. The van der Waals surface area contributed by atoms with Gasteiger partial charge in [-0.3, -0.25) is 0 Å².